The summed E-state index contributed by atoms with van der Waals surface area (Å²) in [5, 5.41) is 3.38. The van der Waals surface area contributed by atoms with Crippen molar-refractivity contribution in [3.05, 3.63) is 24.0 Å². The Labute approximate surface area is 120 Å². The molecule has 0 unspecified atom stereocenters. The van der Waals surface area contributed by atoms with Crippen LogP contribution in [0, 0.1) is 5.82 Å². The van der Waals surface area contributed by atoms with Crippen molar-refractivity contribution in [2.75, 3.05) is 31.1 Å². The van der Waals surface area contributed by atoms with Crippen molar-refractivity contribution < 1.29 is 9.13 Å². The first-order chi connectivity index (χ1) is 9.83. The Hall–Kier alpha value is -1.29. The summed E-state index contributed by atoms with van der Waals surface area (Å²) < 4.78 is 19.7. The number of rotatable bonds is 3. The van der Waals surface area contributed by atoms with Crippen LogP contribution in [0.3, 0.4) is 0 Å². The Bertz CT molecular complexity index is 438. The lowest BCUT2D eigenvalue weighted by Gasteiger charge is -2.26. The van der Waals surface area contributed by atoms with Gasteiger partial charge in [0.1, 0.15) is 11.6 Å². The first kappa shape index (κ1) is 13.7. The second kappa shape index (κ2) is 6.44. The quantitative estimate of drug-likeness (QED) is 0.920. The fraction of sp³-hybridized carbons (Fsp3) is 0.625. The maximum Gasteiger partial charge on any atom is 0.143 e. The maximum absolute atomic E-state index is 13.6. The summed E-state index contributed by atoms with van der Waals surface area (Å²) in [6, 6.07) is 4.92. The van der Waals surface area contributed by atoms with Crippen molar-refractivity contribution in [2.24, 2.45) is 0 Å². The zero-order valence-corrected chi connectivity index (χ0v) is 11.9. The molecule has 1 aliphatic carbocycles. The SMILES string of the molecule is Fc1ccc(OC2CCCC2)c(N2CCCNCC2)c1. The second-order valence-electron chi connectivity index (χ2n) is 5.73. The molecule has 2 aliphatic rings. The number of anilines is 1. The number of nitrogens with one attached hydrogen (secondary N) is 1. The number of halogens is 1. The molecule has 3 nitrogen and oxygen atoms in total. The van der Waals surface area contributed by atoms with E-state index in [0.717, 1.165) is 56.9 Å². The normalized spacial score (nSPS) is 20.9. The fourth-order valence-electron chi connectivity index (χ4n) is 3.11. The van der Waals surface area contributed by atoms with Crippen LogP contribution in [0.5, 0.6) is 5.75 Å². The number of ether oxygens (including phenoxy) is 1. The molecule has 2 fully saturated rings. The first-order valence-corrected chi connectivity index (χ1v) is 7.75. The van der Waals surface area contributed by atoms with Crippen LogP contribution in [0.25, 0.3) is 0 Å². The summed E-state index contributed by atoms with van der Waals surface area (Å²) in [6.45, 7) is 3.84. The highest BCUT2D eigenvalue weighted by Crippen LogP contribution is 2.33. The standard InChI is InChI=1S/C16H23FN2O/c17-13-6-7-16(20-14-4-1-2-5-14)15(12-13)19-10-3-8-18-9-11-19/h6-7,12,14,18H,1-5,8-11H2. The summed E-state index contributed by atoms with van der Waals surface area (Å²) in [5.74, 6) is 0.663. The molecule has 0 radical (unpaired) electrons. The molecule has 0 amide bonds. The molecule has 110 valence electrons. The van der Waals surface area contributed by atoms with Gasteiger partial charge in [0.2, 0.25) is 0 Å². The van der Waals surface area contributed by atoms with Gasteiger partial charge in [-0.25, -0.2) is 4.39 Å². The molecule has 0 bridgehead atoms. The van der Waals surface area contributed by atoms with E-state index in [0.29, 0.717) is 6.10 Å². The average Bonchev–Trinajstić information content (AvgIpc) is 2.81. The Kier molecular flexibility index (Phi) is 4.41. The molecule has 1 aromatic carbocycles. The molecule has 1 N–H and O–H groups in total. The molecular weight excluding hydrogens is 255 g/mol. The van der Waals surface area contributed by atoms with Gasteiger partial charge in [0.05, 0.1) is 11.8 Å². The smallest absolute Gasteiger partial charge is 0.143 e. The van der Waals surface area contributed by atoms with Gasteiger partial charge in [0, 0.05) is 25.7 Å². The van der Waals surface area contributed by atoms with E-state index in [1.165, 1.54) is 18.9 Å². The number of benzene rings is 1. The lowest BCUT2D eigenvalue weighted by molar-refractivity contribution is 0.210. The molecule has 1 heterocycles. The fourth-order valence-corrected chi connectivity index (χ4v) is 3.11. The summed E-state index contributed by atoms with van der Waals surface area (Å²) in [4.78, 5) is 2.24. The van der Waals surface area contributed by atoms with Crippen LogP contribution in [0.4, 0.5) is 10.1 Å². The van der Waals surface area contributed by atoms with Crippen molar-refractivity contribution in [2.45, 2.75) is 38.2 Å². The summed E-state index contributed by atoms with van der Waals surface area (Å²) >= 11 is 0. The number of hydrogen-bond acceptors (Lipinski definition) is 3. The maximum atomic E-state index is 13.6. The monoisotopic (exact) mass is 278 g/mol. The Morgan fingerprint density at radius 3 is 2.80 bits per heavy atom. The van der Waals surface area contributed by atoms with Crippen LogP contribution in [-0.4, -0.2) is 32.3 Å². The van der Waals surface area contributed by atoms with Crippen molar-refractivity contribution in [3.8, 4) is 5.75 Å². The molecule has 0 atom stereocenters. The van der Waals surface area contributed by atoms with Crippen molar-refractivity contribution in [1.29, 1.82) is 0 Å². The number of nitrogens with zero attached hydrogens (tertiary/aromatic N) is 1. The summed E-state index contributed by atoms with van der Waals surface area (Å²) in [6.07, 6.45) is 6.13. The van der Waals surface area contributed by atoms with Gasteiger partial charge in [-0.3, -0.25) is 0 Å². The van der Waals surface area contributed by atoms with E-state index in [4.69, 9.17) is 4.74 Å². The van der Waals surface area contributed by atoms with E-state index in [2.05, 4.69) is 10.2 Å². The second-order valence-corrected chi connectivity index (χ2v) is 5.73. The zero-order chi connectivity index (χ0) is 13.8. The number of hydrogen-bond donors (Lipinski definition) is 1. The van der Waals surface area contributed by atoms with E-state index >= 15 is 0 Å². The molecular formula is C16H23FN2O. The van der Waals surface area contributed by atoms with E-state index < -0.39 is 0 Å². The largest absolute Gasteiger partial charge is 0.488 e. The van der Waals surface area contributed by atoms with Gasteiger partial charge < -0.3 is 15.0 Å². The molecule has 20 heavy (non-hydrogen) atoms. The Morgan fingerprint density at radius 2 is 1.95 bits per heavy atom. The third kappa shape index (κ3) is 3.23. The lowest BCUT2D eigenvalue weighted by atomic mass is 10.2. The first-order valence-electron chi connectivity index (χ1n) is 7.75. The van der Waals surface area contributed by atoms with Gasteiger partial charge in [-0.1, -0.05) is 0 Å². The van der Waals surface area contributed by atoms with Crippen LogP contribution in [0.2, 0.25) is 0 Å². The van der Waals surface area contributed by atoms with Crippen LogP contribution >= 0.6 is 0 Å². The third-order valence-corrected chi connectivity index (χ3v) is 4.20. The molecule has 1 aromatic rings. The average molecular weight is 278 g/mol. The minimum atomic E-state index is -0.184. The van der Waals surface area contributed by atoms with Crippen LogP contribution in [0.15, 0.2) is 18.2 Å². The third-order valence-electron chi connectivity index (χ3n) is 4.20. The van der Waals surface area contributed by atoms with Gasteiger partial charge in [0.25, 0.3) is 0 Å². The van der Waals surface area contributed by atoms with Gasteiger partial charge in [-0.05, 0) is 50.8 Å². The molecule has 1 saturated heterocycles. The van der Waals surface area contributed by atoms with E-state index in [1.807, 2.05) is 0 Å². The zero-order valence-electron chi connectivity index (χ0n) is 11.9. The summed E-state index contributed by atoms with van der Waals surface area (Å²) in [5.41, 5.74) is 0.917. The van der Waals surface area contributed by atoms with Crippen molar-refractivity contribution >= 4 is 5.69 Å². The highest BCUT2D eigenvalue weighted by atomic mass is 19.1. The van der Waals surface area contributed by atoms with Gasteiger partial charge >= 0.3 is 0 Å². The molecule has 1 aliphatic heterocycles. The predicted molar refractivity (Wildman–Crippen MR) is 79.0 cm³/mol. The molecule has 0 aromatic heterocycles. The van der Waals surface area contributed by atoms with E-state index in [1.54, 1.807) is 12.1 Å². The van der Waals surface area contributed by atoms with E-state index in [-0.39, 0.29) is 5.82 Å². The minimum absolute atomic E-state index is 0.184. The van der Waals surface area contributed by atoms with Crippen LogP contribution < -0.4 is 15.0 Å². The van der Waals surface area contributed by atoms with Crippen molar-refractivity contribution in [3.63, 3.8) is 0 Å². The molecule has 3 rings (SSSR count). The van der Waals surface area contributed by atoms with Gasteiger partial charge in [-0.2, -0.15) is 0 Å². The van der Waals surface area contributed by atoms with Gasteiger partial charge in [0.15, 0.2) is 0 Å². The predicted octanol–water partition coefficient (Wildman–Crippen LogP) is 2.95. The lowest BCUT2D eigenvalue weighted by Crippen LogP contribution is -2.28. The van der Waals surface area contributed by atoms with Crippen molar-refractivity contribution in [1.82, 2.24) is 5.32 Å². The highest BCUT2D eigenvalue weighted by molar-refractivity contribution is 5.59. The van der Waals surface area contributed by atoms with Gasteiger partial charge in [-0.15, -0.1) is 0 Å². The minimum Gasteiger partial charge on any atom is -0.488 e. The molecule has 0 spiro atoms. The summed E-state index contributed by atoms with van der Waals surface area (Å²) in [7, 11) is 0. The topological polar surface area (TPSA) is 24.5 Å². The highest BCUT2D eigenvalue weighted by Gasteiger charge is 2.20. The molecule has 4 heteroatoms. The van der Waals surface area contributed by atoms with Crippen LogP contribution in [0.1, 0.15) is 32.1 Å². The Morgan fingerprint density at radius 1 is 1.10 bits per heavy atom. The van der Waals surface area contributed by atoms with Crippen LogP contribution in [-0.2, 0) is 0 Å². The molecule has 1 saturated carbocycles. The van der Waals surface area contributed by atoms with E-state index in [9.17, 15) is 4.39 Å². The Balaban J connectivity index is 1.80.